The van der Waals surface area contributed by atoms with E-state index >= 15 is 0 Å². The third-order valence-corrected chi connectivity index (χ3v) is 6.65. The molecule has 0 aliphatic heterocycles. The Morgan fingerprint density at radius 1 is 1.08 bits per heavy atom. The van der Waals surface area contributed by atoms with Crippen molar-refractivity contribution in [1.29, 1.82) is 0 Å². The first-order chi connectivity index (χ1) is 18.3. The average Bonchev–Trinajstić information content (AvgIpc) is 2.91. The van der Waals surface area contributed by atoms with Crippen LogP contribution in [0, 0.1) is 6.92 Å². The van der Waals surface area contributed by atoms with Crippen LogP contribution in [0.25, 0.3) is 22.3 Å². The number of hydrogen-bond acceptors (Lipinski definition) is 8. The Balaban J connectivity index is 1.93. The second-order valence-corrected chi connectivity index (χ2v) is 8.90. The standard InChI is InChI=1S/C26H25Cl2N5O5/c1-14-6-5-7-16(30-13-34)24(14)32-20-10-15-17(12-29-20)31-25(33(26(15)35)8-9-36-2)21-22(27)18(37-3)11-19(38-4)23(21)28/h5-7,10-13H,8-9H2,1-4H3,(H,29,32)(H,30,34). The number of nitrogens with zero attached hydrogens (tertiary/aromatic N) is 3. The number of para-hydroxylation sites is 1. The lowest BCUT2D eigenvalue weighted by Crippen LogP contribution is -2.26. The zero-order valence-corrected chi connectivity index (χ0v) is 22.6. The van der Waals surface area contributed by atoms with Crippen LogP contribution < -0.4 is 25.7 Å². The van der Waals surface area contributed by atoms with E-state index in [0.717, 1.165) is 5.56 Å². The second-order valence-electron chi connectivity index (χ2n) is 8.14. The number of ether oxygens (including phenoxy) is 3. The fourth-order valence-electron chi connectivity index (χ4n) is 4.00. The van der Waals surface area contributed by atoms with Crippen LogP contribution in [0.15, 0.2) is 41.3 Å². The van der Waals surface area contributed by atoms with Crippen LogP contribution in [0.5, 0.6) is 11.5 Å². The number of benzene rings is 2. The first-order valence-corrected chi connectivity index (χ1v) is 12.2. The zero-order chi connectivity index (χ0) is 27.4. The fourth-order valence-corrected chi connectivity index (χ4v) is 4.67. The van der Waals surface area contributed by atoms with Gasteiger partial charge in [-0.25, -0.2) is 9.97 Å². The van der Waals surface area contributed by atoms with Crippen molar-refractivity contribution in [3.8, 4) is 22.9 Å². The molecule has 0 bridgehead atoms. The van der Waals surface area contributed by atoms with E-state index in [-0.39, 0.29) is 40.1 Å². The largest absolute Gasteiger partial charge is 0.495 e. The summed E-state index contributed by atoms with van der Waals surface area (Å²) in [7, 11) is 4.47. The summed E-state index contributed by atoms with van der Waals surface area (Å²) in [6, 6.07) is 8.63. The van der Waals surface area contributed by atoms with Crippen LogP contribution in [0.4, 0.5) is 17.2 Å². The number of pyridine rings is 1. The van der Waals surface area contributed by atoms with Crippen molar-refractivity contribution in [1.82, 2.24) is 14.5 Å². The molecule has 12 heteroatoms. The minimum Gasteiger partial charge on any atom is -0.495 e. The summed E-state index contributed by atoms with van der Waals surface area (Å²) >= 11 is 13.3. The molecular weight excluding hydrogens is 533 g/mol. The van der Waals surface area contributed by atoms with Crippen LogP contribution in [0.3, 0.4) is 0 Å². The van der Waals surface area contributed by atoms with E-state index < -0.39 is 0 Å². The molecule has 0 atom stereocenters. The molecule has 2 N–H and O–H groups in total. The van der Waals surface area contributed by atoms with Crippen molar-refractivity contribution >= 4 is 57.7 Å². The van der Waals surface area contributed by atoms with Crippen molar-refractivity contribution in [2.24, 2.45) is 0 Å². The number of aryl methyl sites for hydroxylation is 1. The molecule has 38 heavy (non-hydrogen) atoms. The normalized spacial score (nSPS) is 10.9. The minimum atomic E-state index is -0.350. The quantitative estimate of drug-likeness (QED) is 0.260. The van der Waals surface area contributed by atoms with Gasteiger partial charge in [0.2, 0.25) is 6.41 Å². The first kappa shape index (κ1) is 27.2. The number of aromatic nitrogens is 3. The monoisotopic (exact) mass is 557 g/mol. The highest BCUT2D eigenvalue weighted by Gasteiger charge is 2.24. The van der Waals surface area contributed by atoms with Gasteiger partial charge in [0.1, 0.15) is 23.1 Å². The molecule has 1 amide bonds. The number of methoxy groups -OCH3 is 3. The van der Waals surface area contributed by atoms with Crippen molar-refractivity contribution < 1.29 is 19.0 Å². The number of anilines is 3. The van der Waals surface area contributed by atoms with Gasteiger partial charge in [0.05, 0.1) is 71.5 Å². The lowest BCUT2D eigenvalue weighted by atomic mass is 10.1. The Kier molecular flexibility index (Phi) is 8.35. The number of hydrogen-bond donors (Lipinski definition) is 2. The third-order valence-electron chi connectivity index (χ3n) is 5.90. The Morgan fingerprint density at radius 2 is 1.79 bits per heavy atom. The molecule has 4 rings (SSSR count). The summed E-state index contributed by atoms with van der Waals surface area (Å²) < 4.78 is 17.5. The molecule has 10 nitrogen and oxygen atoms in total. The topological polar surface area (TPSA) is 117 Å². The van der Waals surface area contributed by atoms with E-state index in [0.29, 0.717) is 46.0 Å². The smallest absolute Gasteiger partial charge is 0.261 e. The molecule has 0 radical (unpaired) electrons. The number of rotatable bonds is 10. The minimum absolute atomic E-state index is 0.177. The maximum Gasteiger partial charge on any atom is 0.261 e. The highest BCUT2D eigenvalue weighted by atomic mass is 35.5. The number of nitrogens with one attached hydrogen (secondary N) is 2. The summed E-state index contributed by atoms with van der Waals surface area (Å²) in [6.45, 7) is 2.30. The predicted molar refractivity (Wildman–Crippen MR) is 148 cm³/mol. The molecule has 0 unspecified atom stereocenters. The van der Waals surface area contributed by atoms with Gasteiger partial charge in [-0.1, -0.05) is 35.3 Å². The number of halogens is 2. The third kappa shape index (κ3) is 5.10. The Morgan fingerprint density at radius 3 is 2.42 bits per heavy atom. The van der Waals surface area contributed by atoms with E-state index in [9.17, 15) is 9.59 Å². The van der Waals surface area contributed by atoms with Crippen LogP contribution in [-0.2, 0) is 16.1 Å². The first-order valence-electron chi connectivity index (χ1n) is 11.4. The van der Waals surface area contributed by atoms with Gasteiger partial charge in [-0.15, -0.1) is 0 Å². The van der Waals surface area contributed by atoms with Gasteiger partial charge >= 0.3 is 0 Å². The van der Waals surface area contributed by atoms with Crippen molar-refractivity contribution in [2.75, 3.05) is 38.6 Å². The van der Waals surface area contributed by atoms with Gasteiger partial charge < -0.3 is 24.8 Å². The Hall–Kier alpha value is -3.86. The molecule has 0 spiro atoms. The van der Waals surface area contributed by atoms with Gasteiger partial charge in [0, 0.05) is 13.2 Å². The van der Waals surface area contributed by atoms with Crippen LogP contribution >= 0.6 is 23.2 Å². The summed E-state index contributed by atoms with van der Waals surface area (Å²) in [5.41, 5.74) is 2.36. The van der Waals surface area contributed by atoms with Crippen molar-refractivity contribution in [3.05, 3.63) is 62.5 Å². The molecule has 198 valence electrons. The molecule has 2 heterocycles. The molecule has 0 fully saturated rings. The maximum absolute atomic E-state index is 13.8. The van der Waals surface area contributed by atoms with Gasteiger partial charge in [0.25, 0.3) is 5.56 Å². The van der Waals surface area contributed by atoms with E-state index in [1.807, 2.05) is 19.1 Å². The number of amides is 1. The molecular formula is C26H25Cl2N5O5. The molecule has 0 aliphatic carbocycles. The predicted octanol–water partition coefficient (Wildman–Crippen LogP) is 5.05. The summed E-state index contributed by atoms with van der Waals surface area (Å²) in [6.07, 6.45) is 2.07. The summed E-state index contributed by atoms with van der Waals surface area (Å²) in [5, 5.41) is 6.52. The molecule has 2 aromatic heterocycles. The molecule has 4 aromatic rings. The van der Waals surface area contributed by atoms with E-state index in [1.165, 1.54) is 32.1 Å². The lowest BCUT2D eigenvalue weighted by molar-refractivity contribution is -0.105. The van der Waals surface area contributed by atoms with Gasteiger partial charge in [0.15, 0.2) is 0 Å². The van der Waals surface area contributed by atoms with E-state index in [2.05, 4.69) is 15.6 Å². The summed E-state index contributed by atoms with van der Waals surface area (Å²) in [5.74, 6) is 1.23. The molecule has 2 aromatic carbocycles. The highest BCUT2D eigenvalue weighted by Crippen LogP contribution is 2.45. The van der Waals surface area contributed by atoms with Crippen LogP contribution in [0.1, 0.15) is 5.56 Å². The van der Waals surface area contributed by atoms with Gasteiger partial charge in [-0.2, -0.15) is 0 Å². The Bertz CT molecular complexity index is 1550. The lowest BCUT2D eigenvalue weighted by Gasteiger charge is -2.18. The fraction of sp³-hybridized carbons (Fsp3) is 0.231. The zero-order valence-electron chi connectivity index (χ0n) is 21.1. The van der Waals surface area contributed by atoms with E-state index in [1.54, 1.807) is 18.2 Å². The highest BCUT2D eigenvalue weighted by molar-refractivity contribution is 6.41. The molecule has 0 saturated heterocycles. The second kappa shape index (κ2) is 11.7. The number of carbonyl (C=O) groups is 1. The number of fused-ring (bicyclic) bond motifs is 1. The van der Waals surface area contributed by atoms with E-state index in [4.69, 9.17) is 42.4 Å². The van der Waals surface area contributed by atoms with Crippen LogP contribution in [0.2, 0.25) is 10.0 Å². The number of carbonyl (C=O) groups excluding carboxylic acids is 1. The SMILES string of the molecule is COCCn1c(-c2c(Cl)c(OC)cc(OC)c2Cl)nc2cnc(Nc3c(C)cccc3NC=O)cc2c1=O. The van der Waals surface area contributed by atoms with Crippen molar-refractivity contribution in [3.63, 3.8) is 0 Å². The molecule has 0 saturated carbocycles. The maximum atomic E-state index is 13.8. The Labute approximate surface area is 228 Å². The van der Waals surface area contributed by atoms with Gasteiger partial charge in [-0.3, -0.25) is 14.2 Å². The van der Waals surface area contributed by atoms with Crippen molar-refractivity contribution in [2.45, 2.75) is 13.5 Å². The average molecular weight is 558 g/mol. The van der Waals surface area contributed by atoms with Gasteiger partial charge in [-0.05, 0) is 24.6 Å². The summed E-state index contributed by atoms with van der Waals surface area (Å²) in [4.78, 5) is 34.0. The molecule has 0 aliphatic rings. The van der Waals surface area contributed by atoms with Crippen LogP contribution in [-0.4, -0.2) is 48.9 Å².